The number of rotatable bonds is 2. The van der Waals surface area contributed by atoms with E-state index < -0.39 is 0 Å². The van der Waals surface area contributed by atoms with Crippen LogP contribution in [0.2, 0.25) is 0 Å². The predicted molar refractivity (Wildman–Crippen MR) is 104 cm³/mol. The number of aromatic amines is 2. The van der Waals surface area contributed by atoms with E-state index in [1.54, 1.807) is 6.20 Å². The Labute approximate surface area is 160 Å². The average Bonchev–Trinajstić information content (AvgIpc) is 2.90. The number of fused-ring (bicyclic) bond motifs is 1. The van der Waals surface area contributed by atoms with E-state index in [0.717, 1.165) is 33.9 Å². The van der Waals surface area contributed by atoms with E-state index >= 15 is 0 Å². The minimum absolute atomic E-state index is 0. The summed E-state index contributed by atoms with van der Waals surface area (Å²) in [6.45, 7) is 1.98. The number of thiophene rings is 1. The van der Waals surface area contributed by atoms with Gasteiger partial charge in [0.25, 0.3) is 5.56 Å². The summed E-state index contributed by atoms with van der Waals surface area (Å²) < 4.78 is 0.684. The second-order valence-corrected chi connectivity index (χ2v) is 7.75. The maximum Gasteiger partial charge on any atom is 0.268 e. The van der Waals surface area contributed by atoms with Crippen molar-refractivity contribution in [3.05, 3.63) is 34.1 Å². The topological polar surface area (TPSA) is 86.5 Å². The van der Waals surface area contributed by atoms with Crippen LogP contribution in [0.5, 0.6) is 0 Å². The molecular formula is C16H19Cl2N5OS. The summed E-state index contributed by atoms with van der Waals surface area (Å²) in [6.07, 6.45) is 6.52. The summed E-state index contributed by atoms with van der Waals surface area (Å²) in [4.78, 5) is 21.2. The molecule has 0 bridgehead atoms. The fourth-order valence-corrected chi connectivity index (χ4v) is 4.60. The van der Waals surface area contributed by atoms with Gasteiger partial charge in [0.1, 0.15) is 10.5 Å². The summed E-state index contributed by atoms with van der Waals surface area (Å²) >= 11 is 1.47. The molecule has 5 rings (SSSR count). The van der Waals surface area contributed by atoms with Crippen molar-refractivity contribution >= 4 is 46.4 Å². The van der Waals surface area contributed by atoms with Crippen molar-refractivity contribution < 1.29 is 0 Å². The molecule has 1 saturated carbocycles. The average molecular weight is 400 g/mol. The van der Waals surface area contributed by atoms with Crippen molar-refractivity contribution in [2.75, 3.05) is 0 Å². The monoisotopic (exact) mass is 399 g/mol. The Morgan fingerprint density at radius 2 is 2.08 bits per heavy atom. The molecule has 1 unspecified atom stereocenters. The molecule has 0 radical (unpaired) electrons. The number of aryl methyl sites for hydroxylation is 1. The van der Waals surface area contributed by atoms with Crippen LogP contribution in [0.15, 0.2) is 17.1 Å². The Kier molecular flexibility index (Phi) is 4.70. The summed E-state index contributed by atoms with van der Waals surface area (Å²) in [5, 5.41) is 10.6. The van der Waals surface area contributed by atoms with E-state index in [1.807, 2.05) is 13.0 Å². The maximum absolute atomic E-state index is 12.5. The van der Waals surface area contributed by atoms with Crippen molar-refractivity contribution in [1.29, 1.82) is 0 Å². The van der Waals surface area contributed by atoms with Crippen LogP contribution in [0, 0.1) is 6.92 Å². The molecule has 0 amide bonds. The Morgan fingerprint density at radius 3 is 2.72 bits per heavy atom. The van der Waals surface area contributed by atoms with Crippen molar-refractivity contribution in [3.63, 3.8) is 0 Å². The van der Waals surface area contributed by atoms with Gasteiger partial charge >= 0.3 is 0 Å². The number of hydrogen-bond acceptors (Lipinski definition) is 5. The standard InChI is InChI=1S/C16H17N5OS.2ClH/c1-8-9(7-17-21-8)12-6-11-13(23-12)15(22)19-14(18-11)10-2-3-16(20-10)4-5-16;;/h6-7,10,20H,2-5H2,1H3,(H,17,21)(H,18,19,22);2*1H. The van der Waals surface area contributed by atoms with Crippen LogP contribution in [0.25, 0.3) is 20.7 Å². The molecule has 4 heterocycles. The van der Waals surface area contributed by atoms with Crippen LogP contribution in [-0.4, -0.2) is 25.7 Å². The molecule has 1 atom stereocenters. The van der Waals surface area contributed by atoms with Gasteiger partial charge in [-0.15, -0.1) is 36.2 Å². The van der Waals surface area contributed by atoms with Gasteiger partial charge in [0.2, 0.25) is 0 Å². The highest BCUT2D eigenvalue weighted by Crippen LogP contribution is 2.47. The molecular weight excluding hydrogens is 381 g/mol. The second kappa shape index (κ2) is 6.39. The summed E-state index contributed by atoms with van der Waals surface area (Å²) in [6, 6.07) is 2.17. The van der Waals surface area contributed by atoms with Crippen molar-refractivity contribution in [1.82, 2.24) is 25.5 Å². The summed E-state index contributed by atoms with van der Waals surface area (Å²) in [7, 11) is 0. The highest BCUT2D eigenvalue weighted by Gasteiger charge is 2.48. The molecule has 3 N–H and O–H groups in total. The predicted octanol–water partition coefficient (Wildman–Crippen LogP) is 3.48. The van der Waals surface area contributed by atoms with Crippen molar-refractivity contribution in [2.24, 2.45) is 0 Å². The summed E-state index contributed by atoms with van der Waals surface area (Å²) in [5.41, 5.74) is 3.11. The molecule has 1 aliphatic heterocycles. The lowest BCUT2D eigenvalue weighted by atomic mass is 10.1. The van der Waals surface area contributed by atoms with Gasteiger partial charge in [0, 0.05) is 21.7 Å². The Hall–Kier alpha value is -1.41. The largest absolute Gasteiger partial charge is 0.308 e. The quantitative estimate of drug-likeness (QED) is 0.615. The Morgan fingerprint density at radius 1 is 1.28 bits per heavy atom. The zero-order valence-corrected chi connectivity index (χ0v) is 16.0. The molecule has 134 valence electrons. The lowest BCUT2D eigenvalue weighted by Gasteiger charge is -2.12. The highest BCUT2D eigenvalue weighted by molar-refractivity contribution is 7.22. The first-order chi connectivity index (χ1) is 11.1. The fraction of sp³-hybridized carbons (Fsp3) is 0.438. The molecule has 2 fully saturated rings. The second-order valence-electron chi connectivity index (χ2n) is 6.70. The molecule has 25 heavy (non-hydrogen) atoms. The first-order valence-corrected chi connectivity index (χ1v) is 8.77. The molecule has 6 nitrogen and oxygen atoms in total. The zero-order valence-electron chi connectivity index (χ0n) is 13.6. The van der Waals surface area contributed by atoms with Crippen LogP contribution in [0.1, 0.15) is 43.2 Å². The van der Waals surface area contributed by atoms with Gasteiger partial charge < -0.3 is 10.3 Å². The van der Waals surface area contributed by atoms with Crippen LogP contribution < -0.4 is 10.9 Å². The van der Waals surface area contributed by atoms with Gasteiger partial charge in [-0.1, -0.05) is 0 Å². The molecule has 2 aliphatic rings. The first kappa shape index (κ1) is 18.4. The van der Waals surface area contributed by atoms with Crippen LogP contribution >= 0.6 is 36.2 Å². The van der Waals surface area contributed by atoms with Gasteiger partial charge in [-0.05, 0) is 38.7 Å². The molecule has 3 aromatic heterocycles. The van der Waals surface area contributed by atoms with E-state index in [0.29, 0.717) is 10.2 Å². The smallest absolute Gasteiger partial charge is 0.268 e. The van der Waals surface area contributed by atoms with E-state index in [9.17, 15) is 4.79 Å². The third-order valence-electron chi connectivity index (χ3n) is 5.07. The number of nitrogens with zero attached hydrogens (tertiary/aromatic N) is 2. The minimum atomic E-state index is -0.0408. The molecule has 3 aromatic rings. The Bertz CT molecular complexity index is 974. The van der Waals surface area contributed by atoms with Crippen molar-refractivity contribution in [2.45, 2.75) is 44.2 Å². The third-order valence-corrected chi connectivity index (χ3v) is 6.23. The SMILES string of the molecule is Cc1[nH]ncc1-c1cc2nc(C3CCC4(CC4)N3)[nH]c(=O)c2s1.Cl.Cl. The lowest BCUT2D eigenvalue weighted by Crippen LogP contribution is -2.27. The third kappa shape index (κ3) is 2.99. The van der Waals surface area contributed by atoms with E-state index in [4.69, 9.17) is 4.98 Å². The van der Waals surface area contributed by atoms with Gasteiger partial charge in [0.15, 0.2) is 0 Å². The van der Waals surface area contributed by atoms with Gasteiger partial charge in [-0.2, -0.15) is 5.10 Å². The number of nitrogens with one attached hydrogen (secondary N) is 3. The number of H-pyrrole nitrogens is 2. The van der Waals surface area contributed by atoms with Gasteiger partial charge in [0.05, 0.1) is 17.8 Å². The van der Waals surface area contributed by atoms with Crippen LogP contribution in [0.4, 0.5) is 0 Å². The zero-order chi connectivity index (χ0) is 15.6. The molecule has 0 aromatic carbocycles. The minimum Gasteiger partial charge on any atom is -0.308 e. The van der Waals surface area contributed by atoms with Gasteiger partial charge in [-0.3, -0.25) is 9.89 Å². The van der Waals surface area contributed by atoms with Crippen LogP contribution in [-0.2, 0) is 0 Å². The molecule has 1 saturated heterocycles. The number of halogens is 2. The van der Waals surface area contributed by atoms with E-state index in [2.05, 4.69) is 20.5 Å². The van der Waals surface area contributed by atoms with E-state index in [-0.39, 0.29) is 36.4 Å². The maximum atomic E-state index is 12.5. The molecule has 1 spiro atoms. The lowest BCUT2D eigenvalue weighted by molar-refractivity contribution is 0.526. The summed E-state index contributed by atoms with van der Waals surface area (Å²) in [5.74, 6) is 0.777. The molecule has 1 aliphatic carbocycles. The van der Waals surface area contributed by atoms with Gasteiger partial charge in [-0.25, -0.2) is 4.98 Å². The number of aromatic nitrogens is 4. The highest BCUT2D eigenvalue weighted by atomic mass is 35.5. The Balaban J connectivity index is 0.000000911. The normalized spacial score (nSPS) is 20.4. The fourth-order valence-electron chi connectivity index (χ4n) is 3.54. The first-order valence-electron chi connectivity index (χ1n) is 7.95. The number of hydrogen-bond donors (Lipinski definition) is 3. The van der Waals surface area contributed by atoms with Crippen molar-refractivity contribution in [3.8, 4) is 10.4 Å². The van der Waals surface area contributed by atoms with E-state index in [1.165, 1.54) is 30.6 Å². The van der Waals surface area contributed by atoms with Crippen LogP contribution in [0.3, 0.4) is 0 Å². The molecule has 9 heteroatoms.